The van der Waals surface area contributed by atoms with E-state index in [-0.39, 0.29) is 11.2 Å². The lowest BCUT2D eigenvalue weighted by molar-refractivity contribution is -0.140. The molecule has 0 spiro atoms. The van der Waals surface area contributed by atoms with Gasteiger partial charge < -0.3 is 4.74 Å². The molecule has 0 amide bonds. The molecule has 18 heavy (non-hydrogen) atoms. The molecule has 3 heteroatoms. The van der Waals surface area contributed by atoms with Gasteiger partial charge in [0.05, 0.1) is 12.4 Å². The Morgan fingerprint density at radius 2 is 1.39 bits per heavy atom. The number of methoxy groups -OCH3 is 1. The zero-order valence-corrected chi connectivity index (χ0v) is 13.0. The number of carbonyl (C=O) groups is 1. The molecule has 1 unspecified atom stereocenters. The molecule has 0 aromatic heterocycles. The number of ether oxygens (including phenoxy) is 1. The van der Waals surface area contributed by atoms with Gasteiger partial charge >= 0.3 is 5.97 Å². The number of hydrogen-bond acceptors (Lipinski definition) is 3. The first kappa shape index (κ1) is 17.8. The Kier molecular flexibility index (Phi) is 13.1. The summed E-state index contributed by atoms with van der Waals surface area (Å²) in [6.07, 6.45) is 14.0. The maximum absolute atomic E-state index is 11.1. The first-order valence-corrected chi connectivity index (χ1v) is 8.00. The van der Waals surface area contributed by atoms with Crippen molar-refractivity contribution in [1.82, 2.24) is 0 Å². The predicted molar refractivity (Wildman–Crippen MR) is 81.3 cm³/mol. The average Bonchev–Trinajstić information content (AvgIpc) is 2.39. The molecule has 0 aromatic carbocycles. The Morgan fingerprint density at radius 1 is 0.944 bits per heavy atom. The van der Waals surface area contributed by atoms with Crippen LogP contribution in [-0.4, -0.2) is 18.3 Å². The first-order valence-electron chi connectivity index (χ1n) is 7.48. The highest BCUT2D eigenvalue weighted by atomic mass is 32.1. The van der Waals surface area contributed by atoms with Crippen LogP contribution in [0, 0.1) is 0 Å². The highest BCUT2D eigenvalue weighted by molar-refractivity contribution is 7.81. The van der Waals surface area contributed by atoms with Gasteiger partial charge in [0.2, 0.25) is 0 Å². The maximum Gasteiger partial charge on any atom is 0.318 e. The molecule has 0 aromatic rings. The Bertz CT molecular complexity index is 195. The van der Waals surface area contributed by atoms with Gasteiger partial charge in [0.1, 0.15) is 0 Å². The van der Waals surface area contributed by atoms with Gasteiger partial charge in [-0.1, -0.05) is 71.1 Å². The lowest BCUT2D eigenvalue weighted by atomic mass is 10.1. The van der Waals surface area contributed by atoms with Crippen molar-refractivity contribution in [1.29, 1.82) is 0 Å². The van der Waals surface area contributed by atoms with Crippen LogP contribution in [0.3, 0.4) is 0 Å². The van der Waals surface area contributed by atoms with Crippen LogP contribution in [0.4, 0.5) is 0 Å². The summed E-state index contributed by atoms with van der Waals surface area (Å²) >= 11 is 4.22. The molecular weight excluding hydrogens is 244 g/mol. The largest absolute Gasteiger partial charge is 0.468 e. The lowest BCUT2D eigenvalue weighted by Crippen LogP contribution is -2.15. The first-order chi connectivity index (χ1) is 8.72. The molecule has 0 fully saturated rings. The highest BCUT2D eigenvalue weighted by Crippen LogP contribution is 2.14. The number of thiol groups is 1. The predicted octanol–water partition coefficient (Wildman–Crippen LogP) is 4.77. The van der Waals surface area contributed by atoms with Crippen LogP contribution in [-0.2, 0) is 9.53 Å². The zero-order valence-electron chi connectivity index (χ0n) is 12.1. The summed E-state index contributed by atoms with van der Waals surface area (Å²) in [5.74, 6) is -0.200. The summed E-state index contributed by atoms with van der Waals surface area (Å²) in [5, 5.41) is -0.232. The van der Waals surface area contributed by atoms with Crippen molar-refractivity contribution < 1.29 is 9.53 Å². The smallest absolute Gasteiger partial charge is 0.318 e. The fraction of sp³-hybridized carbons (Fsp3) is 0.933. The molecule has 0 saturated carbocycles. The average molecular weight is 274 g/mol. The number of hydrogen-bond donors (Lipinski definition) is 1. The molecule has 0 aliphatic rings. The van der Waals surface area contributed by atoms with Crippen LogP contribution < -0.4 is 0 Å². The van der Waals surface area contributed by atoms with Gasteiger partial charge in [0.25, 0.3) is 0 Å². The molecule has 1 atom stereocenters. The van der Waals surface area contributed by atoms with Gasteiger partial charge in [-0.05, 0) is 6.42 Å². The molecule has 0 bridgehead atoms. The van der Waals surface area contributed by atoms with E-state index in [1.807, 2.05) is 0 Å². The summed E-state index contributed by atoms with van der Waals surface area (Å²) in [4.78, 5) is 11.1. The molecule has 0 radical (unpaired) electrons. The SMILES string of the molecule is CCCCCCCCCCCCC(S)C(=O)OC. The summed E-state index contributed by atoms with van der Waals surface area (Å²) in [7, 11) is 1.42. The summed E-state index contributed by atoms with van der Waals surface area (Å²) in [5.41, 5.74) is 0. The fourth-order valence-electron chi connectivity index (χ4n) is 2.08. The lowest BCUT2D eigenvalue weighted by Gasteiger charge is -2.07. The van der Waals surface area contributed by atoms with Crippen molar-refractivity contribution >= 4 is 18.6 Å². The normalized spacial score (nSPS) is 12.4. The van der Waals surface area contributed by atoms with Crippen LogP contribution in [0.5, 0.6) is 0 Å². The number of esters is 1. The number of unbranched alkanes of at least 4 members (excludes halogenated alkanes) is 9. The third-order valence-corrected chi connectivity index (χ3v) is 3.77. The van der Waals surface area contributed by atoms with Crippen LogP contribution in [0.2, 0.25) is 0 Å². The van der Waals surface area contributed by atoms with E-state index in [1.165, 1.54) is 64.9 Å². The van der Waals surface area contributed by atoms with Gasteiger partial charge in [-0.2, -0.15) is 12.6 Å². The van der Waals surface area contributed by atoms with Crippen LogP contribution in [0.25, 0.3) is 0 Å². The molecule has 108 valence electrons. The van der Waals surface area contributed by atoms with Crippen molar-refractivity contribution in [3.63, 3.8) is 0 Å². The van der Waals surface area contributed by atoms with Crippen LogP contribution in [0.15, 0.2) is 0 Å². The van der Waals surface area contributed by atoms with Crippen molar-refractivity contribution in [2.45, 2.75) is 82.8 Å². The maximum atomic E-state index is 11.1. The van der Waals surface area contributed by atoms with E-state index in [0.29, 0.717) is 0 Å². The molecule has 0 aliphatic carbocycles. The molecule has 0 saturated heterocycles. The van der Waals surface area contributed by atoms with Gasteiger partial charge in [-0.3, -0.25) is 4.79 Å². The van der Waals surface area contributed by atoms with E-state index < -0.39 is 0 Å². The number of rotatable bonds is 12. The van der Waals surface area contributed by atoms with E-state index in [1.54, 1.807) is 0 Å². The van der Waals surface area contributed by atoms with E-state index in [9.17, 15) is 4.79 Å². The molecular formula is C15H30O2S. The van der Waals surface area contributed by atoms with Crippen LogP contribution in [0.1, 0.15) is 77.6 Å². The van der Waals surface area contributed by atoms with E-state index in [4.69, 9.17) is 0 Å². The summed E-state index contributed by atoms with van der Waals surface area (Å²) < 4.78 is 4.64. The standard InChI is InChI=1S/C15H30O2S/c1-3-4-5-6-7-8-9-10-11-12-13-14(18)15(16)17-2/h14,18H,3-13H2,1-2H3. The second kappa shape index (κ2) is 13.3. The highest BCUT2D eigenvalue weighted by Gasteiger charge is 2.12. The van der Waals surface area contributed by atoms with Crippen molar-refractivity contribution in [2.75, 3.05) is 7.11 Å². The van der Waals surface area contributed by atoms with Gasteiger partial charge in [-0.15, -0.1) is 0 Å². The van der Waals surface area contributed by atoms with Gasteiger partial charge in [-0.25, -0.2) is 0 Å². The Morgan fingerprint density at radius 3 is 1.83 bits per heavy atom. The molecule has 0 heterocycles. The molecule has 2 nitrogen and oxygen atoms in total. The van der Waals surface area contributed by atoms with Crippen molar-refractivity contribution in [3.05, 3.63) is 0 Å². The number of carbonyl (C=O) groups excluding carboxylic acids is 1. The Balaban J connectivity index is 3.14. The molecule has 0 rings (SSSR count). The van der Waals surface area contributed by atoms with E-state index in [0.717, 1.165) is 12.8 Å². The minimum atomic E-state index is -0.232. The van der Waals surface area contributed by atoms with Crippen molar-refractivity contribution in [3.8, 4) is 0 Å². The summed E-state index contributed by atoms with van der Waals surface area (Å²) in [6.45, 7) is 2.25. The third kappa shape index (κ3) is 10.9. The minimum Gasteiger partial charge on any atom is -0.468 e. The Labute approximate surface area is 118 Å². The second-order valence-corrected chi connectivity index (χ2v) is 5.63. The van der Waals surface area contributed by atoms with Crippen molar-refractivity contribution in [2.24, 2.45) is 0 Å². The van der Waals surface area contributed by atoms with Crippen LogP contribution >= 0.6 is 12.6 Å². The zero-order chi connectivity index (χ0) is 13.6. The van der Waals surface area contributed by atoms with E-state index >= 15 is 0 Å². The summed E-state index contributed by atoms with van der Waals surface area (Å²) in [6, 6.07) is 0. The third-order valence-electron chi connectivity index (χ3n) is 3.30. The topological polar surface area (TPSA) is 26.3 Å². The fourth-order valence-corrected chi connectivity index (χ4v) is 2.37. The minimum absolute atomic E-state index is 0.200. The monoisotopic (exact) mass is 274 g/mol. The van der Waals surface area contributed by atoms with Gasteiger partial charge in [0, 0.05) is 0 Å². The quantitative estimate of drug-likeness (QED) is 0.315. The van der Waals surface area contributed by atoms with E-state index in [2.05, 4.69) is 24.3 Å². The molecule has 0 N–H and O–H groups in total. The second-order valence-electron chi connectivity index (χ2n) is 5.01. The molecule has 0 aliphatic heterocycles. The Hall–Kier alpha value is -0.180. The van der Waals surface area contributed by atoms with Gasteiger partial charge in [0.15, 0.2) is 0 Å².